The van der Waals surface area contributed by atoms with E-state index in [1.54, 1.807) is 24.3 Å². The first-order valence-corrected chi connectivity index (χ1v) is 7.72. The van der Waals surface area contributed by atoms with E-state index < -0.39 is 13.1 Å². The van der Waals surface area contributed by atoms with Gasteiger partial charge < -0.3 is 13.8 Å². The van der Waals surface area contributed by atoms with E-state index in [1.165, 1.54) is 26.4 Å². The normalized spacial score (nSPS) is 11.1. The third-order valence-corrected chi connectivity index (χ3v) is 4.51. The van der Waals surface area contributed by atoms with Gasteiger partial charge in [-0.3, -0.25) is 9.36 Å². The molecule has 0 heterocycles. The van der Waals surface area contributed by atoms with E-state index in [2.05, 4.69) is 0 Å². The van der Waals surface area contributed by atoms with Crippen molar-refractivity contribution in [2.24, 2.45) is 0 Å². The maximum Gasteiger partial charge on any atom is 0.401 e. The molecule has 2 aromatic carbocycles. The van der Waals surface area contributed by atoms with Gasteiger partial charge in [-0.25, -0.2) is 0 Å². The Labute approximate surface area is 123 Å². The molecule has 0 aliphatic heterocycles. The van der Waals surface area contributed by atoms with Gasteiger partial charge in [0.2, 0.25) is 0 Å². The highest BCUT2D eigenvalue weighted by Crippen LogP contribution is 2.49. The lowest BCUT2D eigenvalue weighted by molar-refractivity contribution is 0.102. The summed E-state index contributed by atoms with van der Waals surface area (Å²) in [6.45, 7) is 0. The average Bonchev–Trinajstić information content (AvgIpc) is 2.54. The van der Waals surface area contributed by atoms with Gasteiger partial charge in [-0.15, -0.1) is 0 Å². The van der Waals surface area contributed by atoms with Crippen LogP contribution in [0.2, 0.25) is 0 Å². The Morgan fingerprint density at radius 2 is 1.52 bits per heavy atom. The van der Waals surface area contributed by atoms with Crippen LogP contribution >= 0.6 is 7.60 Å². The predicted molar refractivity (Wildman–Crippen MR) is 78.9 cm³/mol. The minimum Gasteiger partial charge on any atom is -0.457 e. The second kappa shape index (κ2) is 6.68. The highest BCUT2D eigenvalue weighted by Gasteiger charge is 2.33. The van der Waals surface area contributed by atoms with Crippen molar-refractivity contribution in [2.75, 3.05) is 14.2 Å². The van der Waals surface area contributed by atoms with Crippen molar-refractivity contribution in [3.05, 3.63) is 60.2 Å². The third kappa shape index (κ3) is 3.58. The quantitative estimate of drug-likeness (QED) is 0.752. The third-order valence-electron chi connectivity index (χ3n) is 2.79. The maximum atomic E-state index is 12.2. The smallest absolute Gasteiger partial charge is 0.401 e. The van der Waals surface area contributed by atoms with Gasteiger partial charge in [0.1, 0.15) is 11.5 Å². The lowest BCUT2D eigenvalue weighted by Crippen LogP contribution is -2.04. The van der Waals surface area contributed by atoms with E-state index in [4.69, 9.17) is 13.8 Å². The molecule has 5 nitrogen and oxygen atoms in total. The second-order valence-corrected chi connectivity index (χ2v) is 6.24. The first-order valence-electron chi connectivity index (χ1n) is 6.18. The second-order valence-electron chi connectivity index (χ2n) is 4.11. The molecular weight excluding hydrogens is 291 g/mol. The Kier molecular flexibility index (Phi) is 4.91. The van der Waals surface area contributed by atoms with Crippen LogP contribution in [0.3, 0.4) is 0 Å². The monoisotopic (exact) mass is 306 g/mol. The zero-order valence-electron chi connectivity index (χ0n) is 11.7. The molecule has 0 spiro atoms. The maximum absolute atomic E-state index is 12.2. The number of ether oxygens (including phenoxy) is 1. The summed E-state index contributed by atoms with van der Waals surface area (Å²) in [7, 11) is -1.44. The molecule has 0 N–H and O–H groups in total. The van der Waals surface area contributed by atoms with Gasteiger partial charge in [-0.2, -0.15) is 0 Å². The van der Waals surface area contributed by atoms with Gasteiger partial charge >= 0.3 is 7.60 Å². The topological polar surface area (TPSA) is 61.8 Å². The SMILES string of the molecule is COP(=O)(OC)C(=O)c1cccc(Oc2ccccc2)c1. The number of hydrogen-bond donors (Lipinski definition) is 0. The first kappa shape index (κ1) is 15.4. The van der Waals surface area contributed by atoms with Crippen molar-refractivity contribution in [1.82, 2.24) is 0 Å². The van der Waals surface area contributed by atoms with Gasteiger partial charge in [0.05, 0.1) is 0 Å². The van der Waals surface area contributed by atoms with Crippen molar-refractivity contribution < 1.29 is 23.1 Å². The fourth-order valence-electron chi connectivity index (χ4n) is 1.72. The van der Waals surface area contributed by atoms with Gasteiger partial charge in [0, 0.05) is 19.8 Å². The molecule has 21 heavy (non-hydrogen) atoms. The van der Waals surface area contributed by atoms with E-state index in [0.717, 1.165) is 0 Å². The zero-order chi connectivity index (χ0) is 15.3. The van der Waals surface area contributed by atoms with Gasteiger partial charge in [-0.05, 0) is 24.3 Å². The molecule has 0 amide bonds. The fourth-order valence-corrected chi connectivity index (χ4v) is 2.65. The summed E-state index contributed by atoms with van der Waals surface area (Å²) in [4.78, 5) is 12.2. The molecule has 0 saturated heterocycles. The highest BCUT2D eigenvalue weighted by atomic mass is 31.2. The van der Waals surface area contributed by atoms with E-state index in [-0.39, 0.29) is 5.56 Å². The molecule has 0 atom stereocenters. The van der Waals surface area contributed by atoms with Crippen molar-refractivity contribution in [3.63, 3.8) is 0 Å². The predicted octanol–water partition coefficient (Wildman–Crippen LogP) is 4.11. The van der Waals surface area contributed by atoms with Crippen molar-refractivity contribution >= 4 is 13.1 Å². The molecule has 2 rings (SSSR count). The van der Waals surface area contributed by atoms with Crippen LogP contribution in [0.4, 0.5) is 0 Å². The largest absolute Gasteiger partial charge is 0.457 e. The summed E-state index contributed by atoms with van der Waals surface area (Å²) < 4.78 is 27.1. The minimum absolute atomic E-state index is 0.204. The van der Waals surface area contributed by atoms with Crippen molar-refractivity contribution in [1.29, 1.82) is 0 Å². The Hall–Kier alpha value is -1.94. The van der Waals surface area contributed by atoms with Gasteiger partial charge in [0.25, 0.3) is 5.52 Å². The molecular formula is C15H15O5P. The molecule has 0 fully saturated rings. The van der Waals surface area contributed by atoms with E-state index in [9.17, 15) is 9.36 Å². The highest BCUT2D eigenvalue weighted by molar-refractivity contribution is 7.72. The number of carbonyl (C=O) groups excluding carboxylic acids is 1. The molecule has 2 aromatic rings. The Morgan fingerprint density at radius 3 is 2.14 bits per heavy atom. The average molecular weight is 306 g/mol. The summed E-state index contributed by atoms with van der Waals surface area (Å²) in [5.41, 5.74) is -0.499. The van der Waals surface area contributed by atoms with Crippen LogP contribution in [0.5, 0.6) is 11.5 Å². The summed E-state index contributed by atoms with van der Waals surface area (Å²) in [6.07, 6.45) is 0. The van der Waals surface area contributed by atoms with Crippen LogP contribution in [-0.2, 0) is 13.6 Å². The molecule has 0 aliphatic carbocycles. The van der Waals surface area contributed by atoms with Crippen LogP contribution in [0.1, 0.15) is 10.4 Å². The minimum atomic E-state index is -3.79. The summed E-state index contributed by atoms with van der Waals surface area (Å²) >= 11 is 0. The molecule has 0 aliphatic rings. The van der Waals surface area contributed by atoms with Crippen molar-refractivity contribution in [3.8, 4) is 11.5 Å². The van der Waals surface area contributed by atoms with Crippen LogP contribution in [0, 0.1) is 0 Å². The van der Waals surface area contributed by atoms with Crippen LogP contribution in [0.25, 0.3) is 0 Å². The van der Waals surface area contributed by atoms with Crippen LogP contribution in [-0.4, -0.2) is 19.7 Å². The number of benzene rings is 2. The lowest BCUT2D eigenvalue weighted by Gasteiger charge is -2.12. The number of carbonyl (C=O) groups is 1. The van der Waals surface area contributed by atoms with E-state index in [0.29, 0.717) is 11.5 Å². The van der Waals surface area contributed by atoms with Crippen molar-refractivity contribution in [2.45, 2.75) is 0 Å². The van der Waals surface area contributed by atoms with E-state index in [1.807, 2.05) is 18.2 Å². The molecule has 6 heteroatoms. The standard InChI is InChI=1S/C15H15O5P/c1-18-21(17,19-2)15(16)12-7-6-10-14(11-12)20-13-8-4-3-5-9-13/h3-11H,1-2H3. The molecule has 0 radical (unpaired) electrons. The van der Waals surface area contributed by atoms with Gasteiger partial charge in [-0.1, -0.05) is 30.3 Å². The van der Waals surface area contributed by atoms with E-state index >= 15 is 0 Å². The summed E-state index contributed by atoms with van der Waals surface area (Å²) in [6, 6.07) is 15.5. The fraction of sp³-hybridized carbons (Fsp3) is 0.133. The molecule has 110 valence electrons. The molecule has 0 saturated carbocycles. The molecule has 0 bridgehead atoms. The van der Waals surface area contributed by atoms with Crippen LogP contribution < -0.4 is 4.74 Å². The zero-order valence-corrected chi connectivity index (χ0v) is 12.6. The molecule has 0 unspecified atom stereocenters. The number of para-hydroxylation sites is 1. The van der Waals surface area contributed by atoms with Crippen LogP contribution in [0.15, 0.2) is 54.6 Å². The lowest BCUT2D eigenvalue weighted by atomic mass is 10.2. The number of hydrogen-bond acceptors (Lipinski definition) is 5. The Bertz CT molecular complexity index is 661. The Morgan fingerprint density at radius 1 is 0.905 bits per heavy atom. The summed E-state index contributed by atoms with van der Waals surface area (Å²) in [5.74, 6) is 1.11. The Balaban J connectivity index is 2.26. The number of rotatable bonds is 6. The first-order chi connectivity index (χ1) is 10.1. The summed E-state index contributed by atoms with van der Waals surface area (Å²) in [5, 5.41) is 0. The van der Waals surface area contributed by atoms with Gasteiger partial charge in [0.15, 0.2) is 0 Å². The molecule has 0 aromatic heterocycles.